The molecule has 0 spiro atoms. The second-order valence-electron chi connectivity index (χ2n) is 19.3. The summed E-state index contributed by atoms with van der Waals surface area (Å²) < 4.78 is 93.7. The van der Waals surface area contributed by atoms with Crippen LogP contribution in [0.5, 0.6) is 23.0 Å². The first-order valence-electron chi connectivity index (χ1n) is 23.7. The van der Waals surface area contributed by atoms with Crippen molar-refractivity contribution in [3.05, 3.63) is 205 Å². The van der Waals surface area contributed by atoms with Crippen molar-refractivity contribution in [1.82, 2.24) is 4.08 Å². The minimum absolute atomic E-state index is 0.00352. The van der Waals surface area contributed by atoms with Crippen LogP contribution in [0.25, 0.3) is 0 Å². The molecule has 2 aliphatic rings. The third-order valence-corrected chi connectivity index (χ3v) is 20.8. The molecule has 14 heteroatoms. The van der Waals surface area contributed by atoms with Crippen LogP contribution in [0, 0.1) is 69.2 Å². The summed E-state index contributed by atoms with van der Waals surface area (Å²) in [5.74, 6) is 1.76. The molecule has 368 valence electrons. The lowest BCUT2D eigenvalue weighted by Gasteiger charge is -2.37. The Balaban J connectivity index is 1.29. The fourth-order valence-electron chi connectivity index (χ4n) is 9.74. The average molecular weight is 1030 g/mol. The van der Waals surface area contributed by atoms with Gasteiger partial charge in [-0.3, -0.25) is 0 Å². The van der Waals surface area contributed by atoms with Gasteiger partial charge in [0.1, 0.15) is 23.0 Å². The molecule has 0 radical (unpaired) electrons. The Morgan fingerprint density at radius 3 is 1.14 bits per heavy atom. The third-order valence-electron chi connectivity index (χ3n) is 13.3. The van der Waals surface area contributed by atoms with Crippen LogP contribution in [-0.4, -0.2) is 20.9 Å². The van der Waals surface area contributed by atoms with Gasteiger partial charge < -0.3 is 18.1 Å². The van der Waals surface area contributed by atoms with Gasteiger partial charge in [-0.1, -0.05) is 138 Å². The summed E-state index contributed by atoms with van der Waals surface area (Å²) in [6.07, 6.45) is 0. The van der Waals surface area contributed by atoms with Crippen molar-refractivity contribution in [2.24, 2.45) is 0 Å². The monoisotopic (exact) mass is 1030 g/mol. The van der Waals surface area contributed by atoms with Crippen LogP contribution in [0.3, 0.4) is 0 Å². The van der Waals surface area contributed by atoms with Gasteiger partial charge in [0.15, 0.2) is 0 Å². The molecule has 2 heterocycles. The smallest absolute Gasteiger partial charge is 0.426 e. The molecule has 0 saturated carbocycles. The van der Waals surface area contributed by atoms with E-state index >= 15 is 16.8 Å². The first-order valence-corrected chi connectivity index (χ1v) is 28.8. The Labute approximate surface area is 422 Å². The molecule has 0 N–H and O–H groups in total. The molecule has 0 atom stereocenters. The average Bonchev–Trinajstić information content (AvgIpc) is 3.30. The lowest BCUT2D eigenvalue weighted by atomic mass is 9.87. The van der Waals surface area contributed by atoms with Gasteiger partial charge in [-0.05, 0) is 127 Å². The molecule has 0 saturated heterocycles. The summed E-state index contributed by atoms with van der Waals surface area (Å²) in [5.41, 5.74) is 13.3. The number of nitrogens with zero attached hydrogens (tertiary/aromatic N) is 2. The maximum Gasteiger partial charge on any atom is 0.432 e. The van der Waals surface area contributed by atoms with Crippen molar-refractivity contribution in [1.29, 1.82) is 0 Å². The fourth-order valence-corrected chi connectivity index (χ4v) is 16.9. The second kappa shape index (κ2) is 19.4. The Morgan fingerprint density at radius 1 is 0.423 bits per heavy atom. The predicted octanol–water partition coefficient (Wildman–Crippen LogP) is 14.9. The van der Waals surface area contributed by atoms with Crippen molar-refractivity contribution in [3.63, 3.8) is 0 Å². The van der Waals surface area contributed by atoms with Gasteiger partial charge in [0.05, 0.1) is 22.0 Å². The molecular formula is C57H60N2O8P2S2. The number of para-hydroxylation sites is 1. The minimum atomic E-state index is -4.56. The molecule has 71 heavy (non-hydrogen) atoms. The van der Waals surface area contributed by atoms with Gasteiger partial charge in [0.2, 0.25) is 0 Å². The molecule has 10 nitrogen and oxygen atoms in total. The molecule has 9 rings (SSSR count). The molecule has 0 bridgehead atoms. The van der Waals surface area contributed by atoms with E-state index in [2.05, 4.69) is 38.1 Å². The summed E-state index contributed by atoms with van der Waals surface area (Å²) in [6, 6.07) is 36.7. The molecule has 2 aliphatic heterocycles. The zero-order chi connectivity index (χ0) is 50.8. The quantitative estimate of drug-likeness (QED) is 0.131. The highest BCUT2D eigenvalue weighted by atomic mass is 32.2. The van der Waals surface area contributed by atoms with Gasteiger partial charge >= 0.3 is 17.1 Å². The Bertz CT molecular complexity index is 3330. The van der Waals surface area contributed by atoms with E-state index in [1.54, 1.807) is 72.8 Å². The van der Waals surface area contributed by atoms with Crippen LogP contribution in [0.4, 0.5) is 5.69 Å². The van der Waals surface area contributed by atoms with Crippen molar-refractivity contribution >= 4 is 42.8 Å². The van der Waals surface area contributed by atoms with Gasteiger partial charge in [0.25, 0.3) is 20.0 Å². The number of hydrogen-bond donors (Lipinski definition) is 0. The SMILES string of the molecule is Cc1ccc(S(=O)(=O)N(Cc2ccccc2N(P2Oc3c(C)cc(C)cc3C(C)c3cc(C)cc(C)c3O2)S(=O)(=O)c2ccc(C)cc2)P2Oc3c(C)cc(C)cc3C(C)c3cc(C)cc(C)c3O2)cc1. The van der Waals surface area contributed by atoms with Crippen LogP contribution >= 0.6 is 17.1 Å². The number of anilines is 1. The lowest BCUT2D eigenvalue weighted by molar-refractivity contribution is 0.405. The predicted molar refractivity (Wildman–Crippen MR) is 286 cm³/mol. The molecule has 0 amide bonds. The topological polar surface area (TPSA) is 112 Å². The Kier molecular flexibility index (Phi) is 13.7. The molecule has 0 fully saturated rings. The summed E-state index contributed by atoms with van der Waals surface area (Å²) in [4.78, 5) is 0.0234. The number of hydrogen-bond acceptors (Lipinski definition) is 8. The third kappa shape index (κ3) is 9.58. The second-order valence-corrected chi connectivity index (χ2v) is 26.0. The summed E-state index contributed by atoms with van der Waals surface area (Å²) in [5, 5.41) is 0. The fraction of sp³-hybridized carbons (Fsp3) is 0.263. The summed E-state index contributed by atoms with van der Waals surface area (Å²) in [7, 11) is -14.2. The molecule has 7 aromatic carbocycles. The number of rotatable bonds is 9. The molecule has 0 aliphatic carbocycles. The Morgan fingerprint density at radius 2 is 0.761 bits per heavy atom. The largest absolute Gasteiger partial charge is 0.432 e. The highest BCUT2D eigenvalue weighted by Crippen LogP contribution is 2.59. The van der Waals surface area contributed by atoms with Gasteiger partial charge in [-0.2, -0.15) is 4.08 Å². The normalized spacial score (nSPS) is 17.6. The molecule has 7 aromatic rings. The number of benzene rings is 7. The van der Waals surface area contributed by atoms with E-state index in [9.17, 15) is 0 Å². The first kappa shape index (κ1) is 50.2. The maximum absolute atomic E-state index is 15.8. The molecule has 0 aromatic heterocycles. The van der Waals surface area contributed by atoms with Crippen LogP contribution in [0.1, 0.15) is 109 Å². The van der Waals surface area contributed by atoms with Gasteiger partial charge in [0, 0.05) is 34.1 Å². The van der Waals surface area contributed by atoms with E-state index in [4.69, 9.17) is 18.1 Å². The highest BCUT2D eigenvalue weighted by molar-refractivity contribution is 7.99. The highest BCUT2D eigenvalue weighted by Gasteiger charge is 2.45. The maximum atomic E-state index is 15.8. The van der Waals surface area contributed by atoms with Crippen molar-refractivity contribution in [2.75, 3.05) is 4.08 Å². The van der Waals surface area contributed by atoms with Gasteiger partial charge in [-0.25, -0.2) is 16.8 Å². The number of aryl methyl sites for hydroxylation is 10. The standard InChI is InChI=1S/C57H60N2O8P2S2/c1-34-17-21-47(22-18-34)70(60,61)58(68-64-54-40(7)25-36(3)29-49(54)44(11)50-30-37(4)26-41(8)55(50)65-68)33-46-15-13-14-16-53(46)59(71(62,63)48-23-19-35(2)20-24-48)69-66-56-42(9)27-38(5)31-51(56)45(12)52-32-39(6)28-43(10)57(52)67-69/h13-32,44-45H,33H2,1-12H3. The minimum Gasteiger partial charge on any atom is -0.426 e. The van der Waals surface area contributed by atoms with Crippen molar-refractivity contribution in [2.45, 2.75) is 111 Å². The molecule has 0 unspecified atom stereocenters. The van der Waals surface area contributed by atoms with Crippen molar-refractivity contribution < 1.29 is 34.9 Å². The van der Waals surface area contributed by atoms with E-state index in [0.717, 1.165) is 77.9 Å². The lowest BCUT2D eigenvalue weighted by Crippen LogP contribution is -2.34. The van der Waals surface area contributed by atoms with E-state index in [-0.39, 0.29) is 33.9 Å². The van der Waals surface area contributed by atoms with Crippen molar-refractivity contribution in [3.8, 4) is 23.0 Å². The summed E-state index contributed by atoms with van der Waals surface area (Å²) in [6.45, 7) is 23.6. The van der Waals surface area contributed by atoms with E-state index in [1.807, 2.05) is 93.5 Å². The first-order chi connectivity index (χ1) is 33.6. The zero-order valence-corrected chi connectivity index (χ0v) is 45.7. The van der Waals surface area contributed by atoms with Crippen LogP contribution in [0.15, 0.2) is 131 Å². The number of fused-ring (bicyclic) bond motifs is 4. The van der Waals surface area contributed by atoms with E-state index in [1.165, 1.54) is 8.15 Å². The van der Waals surface area contributed by atoms with Crippen LogP contribution < -0.4 is 22.2 Å². The van der Waals surface area contributed by atoms with Gasteiger partial charge in [-0.15, -0.1) is 4.08 Å². The van der Waals surface area contributed by atoms with Crippen LogP contribution in [-0.2, 0) is 26.6 Å². The zero-order valence-electron chi connectivity index (χ0n) is 42.3. The van der Waals surface area contributed by atoms with Crippen LogP contribution in [0.2, 0.25) is 0 Å². The summed E-state index contributed by atoms with van der Waals surface area (Å²) >= 11 is 0. The molecular weight excluding hydrogens is 967 g/mol. The Hall–Kier alpha value is -5.74. The number of sulfonamides is 2. The van der Waals surface area contributed by atoms with E-state index in [0.29, 0.717) is 28.6 Å². The van der Waals surface area contributed by atoms with E-state index < -0.39 is 37.1 Å².